The first-order valence-corrected chi connectivity index (χ1v) is 11.3. The fourth-order valence-corrected chi connectivity index (χ4v) is 7.33. The highest BCUT2D eigenvalue weighted by molar-refractivity contribution is 7.86. The molecule has 6 nitrogen and oxygen atoms in total. The van der Waals surface area contributed by atoms with Crippen LogP contribution < -0.4 is 4.74 Å². The van der Waals surface area contributed by atoms with E-state index in [4.69, 9.17) is 8.92 Å². The number of ketones is 2. The minimum Gasteiger partial charge on any atom is -0.497 e. The molecule has 3 atom stereocenters. The third-order valence-electron chi connectivity index (χ3n) is 7.37. The SMILES string of the molecule is COc1ccc2c(c1)CC[C@@H](OS(=O)(=O)C[C@@]13CC[C@@H](CC1=O)C3(C)C)C2=O. The first-order valence-electron chi connectivity index (χ1n) is 9.75. The van der Waals surface area contributed by atoms with Crippen molar-refractivity contribution in [2.45, 2.75) is 52.1 Å². The molecule has 1 aromatic rings. The number of hydrogen-bond donors (Lipinski definition) is 0. The second-order valence-electron chi connectivity index (χ2n) is 8.88. The van der Waals surface area contributed by atoms with Crippen LogP contribution in [0, 0.1) is 16.7 Å². The van der Waals surface area contributed by atoms with Gasteiger partial charge >= 0.3 is 0 Å². The molecular weight excluding hydrogens is 380 g/mol. The normalized spacial score (nSPS) is 31.1. The van der Waals surface area contributed by atoms with Gasteiger partial charge in [0.05, 0.1) is 18.3 Å². The van der Waals surface area contributed by atoms with E-state index in [-0.39, 0.29) is 28.7 Å². The molecule has 2 bridgehead atoms. The molecule has 3 aliphatic rings. The second-order valence-corrected chi connectivity index (χ2v) is 10.5. The van der Waals surface area contributed by atoms with Gasteiger partial charge in [-0.15, -0.1) is 0 Å². The van der Waals surface area contributed by atoms with Gasteiger partial charge in [0.25, 0.3) is 10.1 Å². The van der Waals surface area contributed by atoms with Crippen LogP contribution in [-0.4, -0.2) is 39.0 Å². The molecule has 0 spiro atoms. The number of aryl methyl sites for hydroxylation is 1. The summed E-state index contributed by atoms with van der Waals surface area (Å²) in [5.74, 6) is 0.255. The van der Waals surface area contributed by atoms with Crippen molar-refractivity contribution < 1.29 is 26.9 Å². The quantitative estimate of drug-likeness (QED) is 0.699. The number of carbonyl (C=O) groups is 2. The van der Waals surface area contributed by atoms with Gasteiger partial charge in [-0.3, -0.25) is 13.8 Å². The smallest absolute Gasteiger partial charge is 0.269 e. The van der Waals surface area contributed by atoms with Crippen LogP contribution in [0.5, 0.6) is 5.75 Å². The molecule has 152 valence electrons. The molecule has 0 heterocycles. The second kappa shape index (κ2) is 6.39. The molecule has 0 amide bonds. The van der Waals surface area contributed by atoms with E-state index in [9.17, 15) is 18.0 Å². The number of benzene rings is 1. The Labute approximate surface area is 165 Å². The predicted octanol–water partition coefficient (Wildman–Crippen LogP) is 2.93. The molecule has 3 aliphatic carbocycles. The van der Waals surface area contributed by atoms with Crippen molar-refractivity contribution in [3.8, 4) is 5.75 Å². The number of fused-ring (bicyclic) bond motifs is 3. The Morgan fingerprint density at radius 2 is 1.93 bits per heavy atom. The van der Waals surface area contributed by atoms with Crippen molar-refractivity contribution in [2.24, 2.45) is 16.7 Å². The van der Waals surface area contributed by atoms with Crippen LogP contribution in [0.3, 0.4) is 0 Å². The number of carbonyl (C=O) groups excluding carboxylic acids is 2. The average Bonchev–Trinajstić information content (AvgIpc) is 2.97. The van der Waals surface area contributed by atoms with Crippen LogP contribution in [0.15, 0.2) is 18.2 Å². The maximum absolute atomic E-state index is 12.9. The lowest BCUT2D eigenvalue weighted by Gasteiger charge is -2.36. The van der Waals surface area contributed by atoms with E-state index in [0.717, 1.165) is 12.0 Å². The van der Waals surface area contributed by atoms with E-state index in [1.54, 1.807) is 25.3 Å². The van der Waals surface area contributed by atoms with Gasteiger partial charge < -0.3 is 4.74 Å². The summed E-state index contributed by atoms with van der Waals surface area (Å²) >= 11 is 0. The molecule has 2 fully saturated rings. The molecule has 0 unspecified atom stereocenters. The van der Waals surface area contributed by atoms with Crippen LogP contribution >= 0.6 is 0 Å². The Kier molecular flexibility index (Phi) is 4.47. The summed E-state index contributed by atoms with van der Waals surface area (Å²) < 4.78 is 36.3. The molecule has 4 rings (SSSR count). The van der Waals surface area contributed by atoms with E-state index in [0.29, 0.717) is 37.0 Å². The van der Waals surface area contributed by atoms with Gasteiger partial charge in [-0.1, -0.05) is 13.8 Å². The largest absolute Gasteiger partial charge is 0.497 e. The molecule has 1 aromatic carbocycles. The van der Waals surface area contributed by atoms with Gasteiger partial charge in [-0.05, 0) is 60.8 Å². The van der Waals surface area contributed by atoms with Gasteiger partial charge in [0.2, 0.25) is 0 Å². The minimum absolute atomic E-state index is 0.0216. The van der Waals surface area contributed by atoms with Crippen molar-refractivity contribution in [3.63, 3.8) is 0 Å². The van der Waals surface area contributed by atoms with Crippen molar-refractivity contribution in [2.75, 3.05) is 12.9 Å². The first kappa shape index (κ1) is 19.6. The third kappa shape index (κ3) is 2.82. The Bertz CT molecular complexity index is 948. The van der Waals surface area contributed by atoms with Crippen LogP contribution in [0.4, 0.5) is 0 Å². The minimum atomic E-state index is -4.03. The molecule has 0 N–H and O–H groups in total. The van der Waals surface area contributed by atoms with Crippen LogP contribution in [0.25, 0.3) is 0 Å². The number of Topliss-reactive ketones (excluding diaryl/α,β-unsaturated/α-hetero) is 2. The Balaban J connectivity index is 1.54. The molecule has 28 heavy (non-hydrogen) atoms. The average molecular weight is 407 g/mol. The van der Waals surface area contributed by atoms with Crippen LogP contribution in [-0.2, 0) is 25.5 Å². The summed E-state index contributed by atoms with van der Waals surface area (Å²) in [4.78, 5) is 25.4. The zero-order chi connectivity index (χ0) is 20.3. The zero-order valence-corrected chi connectivity index (χ0v) is 17.3. The number of methoxy groups -OCH3 is 1. The summed E-state index contributed by atoms with van der Waals surface area (Å²) in [7, 11) is -2.47. The summed E-state index contributed by atoms with van der Waals surface area (Å²) in [5.41, 5.74) is 0.0641. The maximum Gasteiger partial charge on any atom is 0.269 e. The Hall–Kier alpha value is -1.73. The lowest BCUT2D eigenvalue weighted by molar-refractivity contribution is -0.128. The highest BCUT2D eigenvalue weighted by Gasteiger charge is 2.65. The summed E-state index contributed by atoms with van der Waals surface area (Å²) in [5, 5.41) is 0. The molecule has 0 radical (unpaired) electrons. The zero-order valence-electron chi connectivity index (χ0n) is 16.5. The Morgan fingerprint density at radius 1 is 1.18 bits per heavy atom. The van der Waals surface area contributed by atoms with Gasteiger partial charge in [0, 0.05) is 12.0 Å². The number of ether oxygens (including phenoxy) is 1. The highest BCUT2D eigenvalue weighted by atomic mass is 32.2. The Morgan fingerprint density at radius 3 is 2.54 bits per heavy atom. The molecule has 0 saturated heterocycles. The van der Waals surface area contributed by atoms with Gasteiger partial charge in [-0.25, -0.2) is 0 Å². The predicted molar refractivity (Wildman–Crippen MR) is 103 cm³/mol. The van der Waals surface area contributed by atoms with Gasteiger partial charge in [-0.2, -0.15) is 8.42 Å². The first-order chi connectivity index (χ1) is 13.1. The molecule has 0 aromatic heterocycles. The number of rotatable bonds is 5. The number of hydrogen-bond acceptors (Lipinski definition) is 6. The molecular formula is C21H26O6S. The maximum atomic E-state index is 12.9. The van der Waals surface area contributed by atoms with E-state index < -0.39 is 21.6 Å². The van der Waals surface area contributed by atoms with Crippen LogP contribution in [0.2, 0.25) is 0 Å². The topological polar surface area (TPSA) is 86.7 Å². The van der Waals surface area contributed by atoms with E-state index in [2.05, 4.69) is 0 Å². The van der Waals surface area contributed by atoms with Crippen molar-refractivity contribution >= 4 is 21.7 Å². The summed E-state index contributed by atoms with van der Waals surface area (Å²) in [6.07, 6.45) is 1.69. The van der Waals surface area contributed by atoms with Gasteiger partial charge in [0.15, 0.2) is 5.78 Å². The summed E-state index contributed by atoms with van der Waals surface area (Å²) in [6.45, 7) is 3.97. The van der Waals surface area contributed by atoms with E-state index in [1.165, 1.54) is 0 Å². The van der Waals surface area contributed by atoms with Crippen molar-refractivity contribution in [3.05, 3.63) is 29.3 Å². The lowest BCUT2D eigenvalue weighted by Crippen LogP contribution is -2.44. The van der Waals surface area contributed by atoms with Gasteiger partial charge in [0.1, 0.15) is 17.6 Å². The molecule has 7 heteroatoms. The van der Waals surface area contributed by atoms with E-state index in [1.807, 2.05) is 13.8 Å². The molecule has 0 aliphatic heterocycles. The summed E-state index contributed by atoms with van der Waals surface area (Å²) in [6, 6.07) is 5.14. The van der Waals surface area contributed by atoms with Crippen molar-refractivity contribution in [1.29, 1.82) is 0 Å². The van der Waals surface area contributed by atoms with E-state index >= 15 is 0 Å². The van der Waals surface area contributed by atoms with Crippen LogP contribution in [0.1, 0.15) is 55.5 Å². The van der Waals surface area contributed by atoms with Crippen molar-refractivity contribution in [1.82, 2.24) is 0 Å². The fourth-order valence-electron chi connectivity index (χ4n) is 5.45. The monoisotopic (exact) mass is 406 g/mol. The standard InChI is InChI=1S/C21H26O6S/c1-20(2)14-8-9-21(20,18(22)11-14)12-28(24,25)27-17-7-4-13-10-15(26-3)5-6-16(13)19(17)23/h5-6,10,14,17H,4,7-9,11-12H2,1-3H3/t14-,17+,21-/m0/s1. The molecule has 2 saturated carbocycles. The fraction of sp³-hybridized carbons (Fsp3) is 0.619. The third-order valence-corrected chi connectivity index (χ3v) is 8.74. The highest BCUT2D eigenvalue weighted by Crippen LogP contribution is 2.64. The lowest BCUT2D eigenvalue weighted by atomic mass is 9.70.